The Morgan fingerprint density at radius 3 is 2.46 bits per heavy atom. The van der Waals surface area contributed by atoms with E-state index in [0.717, 1.165) is 17.7 Å². The lowest BCUT2D eigenvalue weighted by molar-refractivity contribution is -0.274. The zero-order valence-electron chi connectivity index (χ0n) is 12.5. The summed E-state index contributed by atoms with van der Waals surface area (Å²) in [6.45, 7) is 0.345. The van der Waals surface area contributed by atoms with Gasteiger partial charge in [0, 0.05) is 12.2 Å². The van der Waals surface area contributed by atoms with Crippen molar-refractivity contribution in [2.75, 3.05) is 11.9 Å². The van der Waals surface area contributed by atoms with Crippen molar-refractivity contribution in [2.45, 2.75) is 12.8 Å². The molecule has 0 spiro atoms. The van der Waals surface area contributed by atoms with Crippen LogP contribution in [-0.4, -0.2) is 18.9 Å². The van der Waals surface area contributed by atoms with Crippen LogP contribution in [0.15, 0.2) is 53.5 Å². The van der Waals surface area contributed by atoms with Crippen LogP contribution in [0.1, 0.15) is 5.56 Å². The molecule has 0 aliphatic heterocycles. The van der Waals surface area contributed by atoms with E-state index in [-0.39, 0.29) is 17.5 Å². The quantitative estimate of drug-likeness (QED) is 0.495. The summed E-state index contributed by atoms with van der Waals surface area (Å²) in [4.78, 5) is 4.08. The van der Waals surface area contributed by atoms with Crippen molar-refractivity contribution < 1.29 is 22.3 Å². The minimum Gasteiger partial charge on any atom is -0.406 e. The van der Waals surface area contributed by atoms with Crippen LogP contribution in [0.3, 0.4) is 0 Å². The highest BCUT2D eigenvalue weighted by Crippen LogP contribution is 2.23. The van der Waals surface area contributed by atoms with E-state index in [0.29, 0.717) is 18.7 Å². The maximum atomic E-state index is 13.0. The molecule has 0 atom stereocenters. The van der Waals surface area contributed by atoms with Gasteiger partial charge in [-0.1, -0.05) is 12.1 Å². The van der Waals surface area contributed by atoms with Crippen molar-refractivity contribution in [3.05, 3.63) is 59.9 Å². The van der Waals surface area contributed by atoms with Gasteiger partial charge in [-0.2, -0.15) is 0 Å². The first-order chi connectivity index (χ1) is 11.3. The molecule has 0 aliphatic rings. The Kier molecular flexibility index (Phi) is 5.62. The first-order valence-electron chi connectivity index (χ1n) is 6.99. The lowest BCUT2D eigenvalue weighted by Gasteiger charge is -2.10. The average Bonchev–Trinajstić information content (AvgIpc) is 2.48. The van der Waals surface area contributed by atoms with E-state index in [9.17, 15) is 17.6 Å². The number of ether oxygens (including phenoxy) is 1. The molecule has 0 amide bonds. The number of aliphatic imine (C=N–C) groups is 1. The van der Waals surface area contributed by atoms with E-state index in [1.54, 1.807) is 12.1 Å². The van der Waals surface area contributed by atoms with Crippen molar-refractivity contribution in [2.24, 2.45) is 10.7 Å². The monoisotopic (exact) mass is 341 g/mol. The van der Waals surface area contributed by atoms with E-state index in [1.807, 2.05) is 0 Å². The average molecular weight is 341 g/mol. The highest BCUT2D eigenvalue weighted by Gasteiger charge is 2.30. The van der Waals surface area contributed by atoms with Crippen molar-refractivity contribution >= 4 is 11.6 Å². The number of nitrogens with two attached hydrogens (primary N) is 1. The lowest BCUT2D eigenvalue weighted by atomic mass is 10.1. The number of benzene rings is 2. The van der Waals surface area contributed by atoms with E-state index < -0.39 is 6.36 Å². The van der Waals surface area contributed by atoms with E-state index in [1.165, 1.54) is 24.3 Å². The van der Waals surface area contributed by atoms with Crippen LogP contribution in [-0.2, 0) is 6.42 Å². The number of rotatable bonds is 5. The zero-order valence-corrected chi connectivity index (χ0v) is 12.5. The molecule has 0 saturated heterocycles. The molecule has 0 aromatic heterocycles. The molecule has 0 unspecified atom stereocenters. The third-order valence-electron chi connectivity index (χ3n) is 2.93. The largest absolute Gasteiger partial charge is 0.573 e. The Hall–Kier alpha value is -2.77. The number of guanidine groups is 1. The van der Waals surface area contributed by atoms with E-state index in [2.05, 4.69) is 15.0 Å². The van der Waals surface area contributed by atoms with Gasteiger partial charge in [-0.25, -0.2) is 4.39 Å². The second-order valence-electron chi connectivity index (χ2n) is 4.84. The number of alkyl halides is 3. The molecular weight excluding hydrogens is 326 g/mol. The van der Waals surface area contributed by atoms with E-state index in [4.69, 9.17) is 5.73 Å². The van der Waals surface area contributed by atoms with Crippen LogP contribution in [0.2, 0.25) is 0 Å². The minimum atomic E-state index is -4.73. The molecule has 0 bridgehead atoms. The SMILES string of the molecule is NC(=NCCc1cccc(F)c1)Nc1ccc(OC(F)(F)F)cc1. The number of nitrogens with one attached hydrogen (secondary N) is 1. The topological polar surface area (TPSA) is 59.6 Å². The van der Waals surface area contributed by atoms with Gasteiger partial charge in [-0.3, -0.25) is 4.99 Å². The Bertz CT molecular complexity index is 699. The van der Waals surface area contributed by atoms with Gasteiger partial charge >= 0.3 is 6.36 Å². The number of nitrogens with zero attached hydrogens (tertiary/aromatic N) is 1. The summed E-state index contributed by atoms with van der Waals surface area (Å²) in [6, 6.07) is 11.3. The van der Waals surface area contributed by atoms with Gasteiger partial charge in [0.1, 0.15) is 11.6 Å². The number of hydrogen-bond donors (Lipinski definition) is 2. The van der Waals surface area contributed by atoms with Gasteiger partial charge in [0.25, 0.3) is 0 Å². The molecule has 4 nitrogen and oxygen atoms in total. The maximum absolute atomic E-state index is 13.0. The molecule has 2 rings (SSSR count). The van der Waals surface area contributed by atoms with Gasteiger partial charge in [0.2, 0.25) is 0 Å². The van der Waals surface area contributed by atoms with Crippen molar-refractivity contribution in [3.8, 4) is 5.75 Å². The molecule has 2 aromatic rings. The molecule has 2 aromatic carbocycles. The standard InChI is InChI=1S/C16H15F4N3O/c17-12-3-1-2-11(10-12)8-9-22-15(21)23-13-4-6-14(7-5-13)24-16(18,19)20/h1-7,10H,8-9H2,(H3,21,22,23). The summed E-state index contributed by atoms with van der Waals surface area (Å²) in [5.41, 5.74) is 6.95. The predicted molar refractivity (Wildman–Crippen MR) is 83.3 cm³/mol. The molecule has 128 valence electrons. The van der Waals surface area contributed by atoms with Gasteiger partial charge in [0.05, 0.1) is 0 Å². The van der Waals surface area contributed by atoms with Crippen LogP contribution in [0, 0.1) is 5.82 Å². The molecule has 0 aliphatic carbocycles. The molecule has 0 radical (unpaired) electrons. The first kappa shape index (κ1) is 17.6. The maximum Gasteiger partial charge on any atom is 0.573 e. The second-order valence-corrected chi connectivity index (χ2v) is 4.84. The molecule has 8 heteroatoms. The van der Waals surface area contributed by atoms with Crippen LogP contribution >= 0.6 is 0 Å². The number of halogens is 4. The van der Waals surface area contributed by atoms with Gasteiger partial charge in [-0.05, 0) is 48.4 Å². The third kappa shape index (κ3) is 6.15. The summed E-state index contributed by atoms with van der Waals surface area (Å²) in [6.07, 6.45) is -4.22. The van der Waals surface area contributed by atoms with Gasteiger partial charge in [-0.15, -0.1) is 13.2 Å². The highest BCUT2D eigenvalue weighted by atomic mass is 19.4. The van der Waals surface area contributed by atoms with Crippen LogP contribution in [0.25, 0.3) is 0 Å². The molecule has 0 saturated carbocycles. The fourth-order valence-electron chi connectivity index (χ4n) is 1.93. The Labute approximate surface area is 136 Å². The fraction of sp³-hybridized carbons (Fsp3) is 0.188. The molecular formula is C16H15F4N3O. The number of anilines is 1. The Morgan fingerprint density at radius 1 is 1.12 bits per heavy atom. The number of hydrogen-bond acceptors (Lipinski definition) is 2. The molecule has 0 heterocycles. The van der Waals surface area contributed by atoms with Crippen LogP contribution in [0.4, 0.5) is 23.2 Å². The van der Waals surface area contributed by atoms with Crippen molar-refractivity contribution in [3.63, 3.8) is 0 Å². The van der Waals surface area contributed by atoms with E-state index >= 15 is 0 Å². The summed E-state index contributed by atoms with van der Waals surface area (Å²) < 4.78 is 53.0. The fourth-order valence-corrected chi connectivity index (χ4v) is 1.93. The summed E-state index contributed by atoms with van der Waals surface area (Å²) in [5, 5.41) is 2.75. The summed E-state index contributed by atoms with van der Waals surface area (Å²) >= 11 is 0. The Balaban J connectivity index is 1.86. The summed E-state index contributed by atoms with van der Waals surface area (Å²) in [5.74, 6) is -0.533. The second kappa shape index (κ2) is 7.67. The highest BCUT2D eigenvalue weighted by molar-refractivity contribution is 5.92. The van der Waals surface area contributed by atoms with Crippen molar-refractivity contribution in [1.82, 2.24) is 0 Å². The zero-order chi connectivity index (χ0) is 17.6. The molecule has 0 fully saturated rings. The summed E-state index contributed by atoms with van der Waals surface area (Å²) in [7, 11) is 0. The first-order valence-corrected chi connectivity index (χ1v) is 6.99. The Morgan fingerprint density at radius 2 is 1.83 bits per heavy atom. The minimum absolute atomic E-state index is 0.107. The van der Waals surface area contributed by atoms with Crippen LogP contribution in [0.5, 0.6) is 5.75 Å². The van der Waals surface area contributed by atoms with Gasteiger partial charge in [0.15, 0.2) is 5.96 Å². The van der Waals surface area contributed by atoms with Gasteiger partial charge < -0.3 is 15.8 Å². The van der Waals surface area contributed by atoms with Crippen LogP contribution < -0.4 is 15.8 Å². The lowest BCUT2D eigenvalue weighted by Crippen LogP contribution is -2.23. The molecule has 24 heavy (non-hydrogen) atoms. The third-order valence-corrected chi connectivity index (χ3v) is 2.93. The smallest absolute Gasteiger partial charge is 0.406 e. The normalized spacial score (nSPS) is 12.1. The molecule has 3 N–H and O–H groups in total. The van der Waals surface area contributed by atoms with Crippen molar-refractivity contribution in [1.29, 1.82) is 0 Å². The predicted octanol–water partition coefficient (Wildman–Crippen LogP) is 3.69.